The molecule has 0 saturated heterocycles. The molecular formula is C16H19NO2. The van der Waals surface area contributed by atoms with Crippen LogP contribution in [0.25, 0.3) is 0 Å². The molecule has 0 radical (unpaired) electrons. The van der Waals surface area contributed by atoms with Gasteiger partial charge in [-0.25, -0.2) is 0 Å². The number of rotatable bonds is 5. The highest BCUT2D eigenvalue weighted by Crippen LogP contribution is 2.22. The molecule has 3 heteroatoms. The van der Waals surface area contributed by atoms with Gasteiger partial charge in [-0.15, -0.1) is 0 Å². The number of hydrogen-bond acceptors (Lipinski definition) is 3. The largest absolute Gasteiger partial charge is 0.497 e. The molecule has 2 rings (SSSR count). The second-order valence-corrected chi connectivity index (χ2v) is 4.43. The highest BCUT2D eigenvalue weighted by atomic mass is 16.5. The predicted molar refractivity (Wildman–Crippen MR) is 76.5 cm³/mol. The summed E-state index contributed by atoms with van der Waals surface area (Å²) < 4.78 is 11.0. The monoisotopic (exact) mass is 257 g/mol. The van der Waals surface area contributed by atoms with Gasteiger partial charge in [0.15, 0.2) is 0 Å². The van der Waals surface area contributed by atoms with Crippen molar-refractivity contribution in [3.05, 3.63) is 60.2 Å². The summed E-state index contributed by atoms with van der Waals surface area (Å²) in [7, 11) is 1.64. The molecule has 2 N–H and O–H groups in total. The molecular weight excluding hydrogens is 238 g/mol. The minimum Gasteiger partial charge on any atom is -0.497 e. The van der Waals surface area contributed by atoms with Crippen molar-refractivity contribution < 1.29 is 9.47 Å². The molecule has 2 aromatic carbocycles. The van der Waals surface area contributed by atoms with E-state index in [1.54, 1.807) is 7.11 Å². The molecule has 3 nitrogen and oxygen atoms in total. The first-order valence-electron chi connectivity index (χ1n) is 6.32. The van der Waals surface area contributed by atoms with E-state index in [-0.39, 0.29) is 12.1 Å². The van der Waals surface area contributed by atoms with E-state index < -0.39 is 0 Å². The van der Waals surface area contributed by atoms with Gasteiger partial charge in [-0.05, 0) is 36.8 Å². The predicted octanol–water partition coefficient (Wildman–Crippen LogP) is 3.16. The van der Waals surface area contributed by atoms with Crippen molar-refractivity contribution in [2.24, 2.45) is 5.73 Å². The minimum atomic E-state index is -0.150. The molecule has 0 amide bonds. The van der Waals surface area contributed by atoms with E-state index in [4.69, 9.17) is 15.2 Å². The van der Waals surface area contributed by atoms with Crippen LogP contribution in [-0.4, -0.2) is 13.2 Å². The van der Waals surface area contributed by atoms with Gasteiger partial charge in [-0.2, -0.15) is 0 Å². The SMILES string of the molecule is COc1ccc(OC(C)C(N)c2ccccc2)cc1. The van der Waals surface area contributed by atoms with Gasteiger partial charge in [0.2, 0.25) is 0 Å². The lowest BCUT2D eigenvalue weighted by Crippen LogP contribution is -2.28. The molecule has 2 aromatic rings. The summed E-state index contributed by atoms with van der Waals surface area (Å²) in [4.78, 5) is 0. The van der Waals surface area contributed by atoms with Crippen LogP contribution in [0.5, 0.6) is 11.5 Å². The van der Waals surface area contributed by atoms with Crippen LogP contribution >= 0.6 is 0 Å². The first kappa shape index (κ1) is 13.4. The van der Waals surface area contributed by atoms with Crippen molar-refractivity contribution in [3.63, 3.8) is 0 Å². The van der Waals surface area contributed by atoms with Crippen molar-refractivity contribution in [1.29, 1.82) is 0 Å². The van der Waals surface area contributed by atoms with Gasteiger partial charge in [-0.1, -0.05) is 30.3 Å². The molecule has 100 valence electrons. The molecule has 2 unspecified atom stereocenters. The average molecular weight is 257 g/mol. The zero-order chi connectivity index (χ0) is 13.7. The van der Waals surface area contributed by atoms with Crippen LogP contribution in [-0.2, 0) is 0 Å². The number of benzene rings is 2. The summed E-state index contributed by atoms with van der Waals surface area (Å²) >= 11 is 0. The molecule has 0 aliphatic carbocycles. The van der Waals surface area contributed by atoms with E-state index in [0.717, 1.165) is 17.1 Å². The maximum Gasteiger partial charge on any atom is 0.120 e. The Bertz CT molecular complexity index is 496. The summed E-state index contributed by atoms with van der Waals surface area (Å²) in [5.41, 5.74) is 7.27. The second-order valence-electron chi connectivity index (χ2n) is 4.43. The highest BCUT2D eigenvalue weighted by molar-refractivity contribution is 5.31. The van der Waals surface area contributed by atoms with Crippen LogP contribution in [0.3, 0.4) is 0 Å². The fraction of sp³-hybridized carbons (Fsp3) is 0.250. The molecule has 0 spiro atoms. The van der Waals surface area contributed by atoms with Crippen LogP contribution in [0.1, 0.15) is 18.5 Å². The van der Waals surface area contributed by atoms with E-state index in [9.17, 15) is 0 Å². The molecule has 0 aromatic heterocycles. The molecule has 0 saturated carbocycles. The van der Waals surface area contributed by atoms with E-state index in [1.807, 2.05) is 61.5 Å². The van der Waals surface area contributed by atoms with E-state index in [1.165, 1.54) is 0 Å². The third kappa shape index (κ3) is 3.48. The van der Waals surface area contributed by atoms with Crippen molar-refractivity contribution in [2.75, 3.05) is 7.11 Å². The van der Waals surface area contributed by atoms with Gasteiger partial charge in [0.25, 0.3) is 0 Å². The Kier molecular flexibility index (Phi) is 4.42. The van der Waals surface area contributed by atoms with Crippen molar-refractivity contribution in [1.82, 2.24) is 0 Å². The van der Waals surface area contributed by atoms with Crippen LogP contribution in [0.4, 0.5) is 0 Å². The zero-order valence-electron chi connectivity index (χ0n) is 11.2. The first-order chi connectivity index (χ1) is 9.20. The Morgan fingerprint density at radius 2 is 1.47 bits per heavy atom. The highest BCUT2D eigenvalue weighted by Gasteiger charge is 2.16. The summed E-state index contributed by atoms with van der Waals surface area (Å²) in [5, 5.41) is 0. The first-order valence-corrected chi connectivity index (χ1v) is 6.32. The Hall–Kier alpha value is -2.00. The minimum absolute atomic E-state index is 0.101. The summed E-state index contributed by atoms with van der Waals surface area (Å²) in [6.45, 7) is 1.97. The maximum absolute atomic E-state index is 6.19. The lowest BCUT2D eigenvalue weighted by Gasteiger charge is -2.22. The van der Waals surface area contributed by atoms with Gasteiger partial charge in [0.1, 0.15) is 17.6 Å². The van der Waals surface area contributed by atoms with E-state index >= 15 is 0 Å². The standard InChI is InChI=1S/C16H19NO2/c1-12(16(17)13-6-4-3-5-7-13)19-15-10-8-14(18-2)9-11-15/h3-12,16H,17H2,1-2H3. The van der Waals surface area contributed by atoms with E-state index in [2.05, 4.69) is 0 Å². The molecule has 2 atom stereocenters. The number of methoxy groups -OCH3 is 1. The lowest BCUT2D eigenvalue weighted by molar-refractivity contribution is 0.190. The fourth-order valence-electron chi connectivity index (χ4n) is 1.89. The molecule has 0 aliphatic rings. The molecule has 0 bridgehead atoms. The molecule has 0 aliphatic heterocycles. The van der Waals surface area contributed by atoms with Crippen LogP contribution < -0.4 is 15.2 Å². The van der Waals surface area contributed by atoms with Crippen molar-refractivity contribution in [3.8, 4) is 11.5 Å². The normalized spacial score (nSPS) is 13.6. The molecule has 19 heavy (non-hydrogen) atoms. The molecule has 0 fully saturated rings. The Balaban J connectivity index is 2.01. The summed E-state index contributed by atoms with van der Waals surface area (Å²) in [6.07, 6.45) is -0.101. The lowest BCUT2D eigenvalue weighted by atomic mass is 10.0. The summed E-state index contributed by atoms with van der Waals surface area (Å²) in [5.74, 6) is 1.60. The third-order valence-corrected chi connectivity index (χ3v) is 3.07. The average Bonchev–Trinajstić information content (AvgIpc) is 2.48. The van der Waals surface area contributed by atoms with Gasteiger partial charge >= 0.3 is 0 Å². The Labute approximate surface area is 114 Å². The van der Waals surface area contributed by atoms with Gasteiger partial charge < -0.3 is 15.2 Å². The maximum atomic E-state index is 6.19. The Morgan fingerprint density at radius 1 is 0.895 bits per heavy atom. The fourth-order valence-corrected chi connectivity index (χ4v) is 1.89. The van der Waals surface area contributed by atoms with E-state index in [0.29, 0.717) is 0 Å². The van der Waals surface area contributed by atoms with Gasteiger partial charge in [-0.3, -0.25) is 0 Å². The third-order valence-electron chi connectivity index (χ3n) is 3.07. The Morgan fingerprint density at radius 3 is 2.05 bits per heavy atom. The van der Waals surface area contributed by atoms with Crippen LogP contribution in [0.15, 0.2) is 54.6 Å². The van der Waals surface area contributed by atoms with Crippen LogP contribution in [0, 0.1) is 0 Å². The smallest absolute Gasteiger partial charge is 0.120 e. The molecule has 0 heterocycles. The number of ether oxygens (including phenoxy) is 2. The second kappa shape index (κ2) is 6.25. The van der Waals surface area contributed by atoms with Gasteiger partial charge in [0.05, 0.1) is 13.2 Å². The zero-order valence-corrected chi connectivity index (χ0v) is 11.2. The van der Waals surface area contributed by atoms with Crippen molar-refractivity contribution in [2.45, 2.75) is 19.1 Å². The van der Waals surface area contributed by atoms with Crippen molar-refractivity contribution >= 4 is 0 Å². The summed E-state index contributed by atoms with van der Waals surface area (Å²) in [6, 6.07) is 17.3. The quantitative estimate of drug-likeness (QED) is 0.894. The number of hydrogen-bond donors (Lipinski definition) is 1. The topological polar surface area (TPSA) is 44.5 Å². The van der Waals surface area contributed by atoms with Gasteiger partial charge in [0, 0.05) is 0 Å². The van der Waals surface area contributed by atoms with Crippen LogP contribution in [0.2, 0.25) is 0 Å². The number of nitrogens with two attached hydrogens (primary N) is 1.